The summed E-state index contributed by atoms with van der Waals surface area (Å²) in [5.74, 6) is 0. The third-order valence-electron chi connectivity index (χ3n) is 4.54. The molecule has 0 saturated carbocycles. The number of unbranched alkanes of at least 4 members (excludes halogenated alkanes) is 5. The molecule has 2 unspecified atom stereocenters. The van der Waals surface area contributed by atoms with Gasteiger partial charge in [0.05, 0.1) is 12.7 Å². The molecule has 1 aliphatic rings. The zero-order valence-corrected chi connectivity index (χ0v) is 13.5. The molecule has 1 aliphatic heterocycles. The van der Waals surface area contributed by atoms with Crippen molar-refractivity contribution >= 4 is 0 Å². The van der Waals surface area contributed by atoms with E-state index in [1.807, 2.05) is 0 Å². The molecule has 0 aromatic heterocycles. The van der Waals surface area contributed by atoms with Crippen LogP contribution in [0.5, 0.6) is 0 Å². The maximum Gasteiger partial charge on any atom is 0.0842 e. The van der Waals surface area contributed by atoms with Gasteiger partial charge < -0.3 is 10.5 Å². The second-order valence-corrected chi connectivity index (χ2v) is 6.36. The van der Waals surface area contributed by atoms with Crippen LogP contribution >= 0.6 is 0 Å². The minimum atomic E-state index is 0.213. The SMILES string of the molecule is CCCCCCCCC(N)CC1OCCc2ccccc21. The van der Waals surface area contributed by atoms with Crippen LogP contribution in [0.1, 0.15) is 75.5 Å². The van der Waals surface area contributed by atoms with E-state index in [1.54, 1.807) is 0 Å². The molecule has 0 amide bonds. The Morgan fingerprint density at radius 2 is 1.90 bits per heavy atom. The molecule has 2 rings (SSSR count). The van der Waals surface area contributed by atoms with Gasteiger partial charge in [0.2, 0.25) is 0 Å². The monoisotopic (exact) mass is 289 g/mol. The lowest BCUT2D eigenvalue weighted by Gasteiger charge is -2.28. The van der Waals surface area contributed by atoms with Crippen molar-refractivity contribution in [1.82, 2.24) is 0 Å². The van der Waals surface area contributed by atoms with Gasteiger partial charge in [-0.15, -0.1) is 0 Å². The highest BCUT2D eigenvalue weighted by atomic mass is 16.5. The van der Waals surface area contributed by atoms with Crippen LogP contribution in [0.25, 0.3) is 0 Å². The zero-order valence-electron chi connectivity index (χ0n) is 13.5. The molecule has 0 fully saturated rings. The summed E-state index contributed by atoms with van der Waals surface area (Å²) >= 11 is 0. The van der Waals surface area contributed by atoms with E-state index in [9.17, 15) is 0 Å². The van der Waals surface area contributed by atoms with E-state index in [2.05, 4.69) is 31.2 Å². The summed E-state index contributed by atoms with van der Waals surface area (Å²) in [6.07, 6.45) is 11.4. The Morgan fingerprint density at radius 1 is 1.14 bits per heavy atom. The quantitative estimate of drug-likeness (QED) is 0.665. The smallest absolute Gasteiger partial charge is 0.0842 e. The Bertz CT molecular complexity index is 404. The van der Waals surface area contributed by atoms with E-state index in [0.29, 0.717) is 0 Å². The van der Waals surface area contributed by atoms with Gasteiger partial charge in [-0.2, -0.15) is 0 Å². The van der Waals surface area contributed by atoms with Gasteiger partial charge >= 0.3 is 0 Å². The van der Waals surface area contributed by atoms with Crippen molar-refractivity contribution in [2.45, 2.75) is 76.9 Å². The highest BCUT2D eigenvalue weighted by Gasteiger charge is 2.22. The van der Waals surface area contributed by atoms with Crippen LogP contribution in [0.2, 0.25) is 0 Å². The maximum atomic E-state index is 6.32. The number of benzene rings is 1. The Labute approximate surface area is 130 Å². The molecular formula is C19H31NO. The molecule has 2 N–H and O–H groups in total. The highest BCUT2D eigenvalue weighted by Crippen LogP contribution is 2.30. The molecule has 0 spiro atoms. The minimum absolute atomic E-state index is 0.213. The predicted octanol–water partition coefficient (Wildman–Crippen LogP) is 4.77. The standard InChI is InChI=1S/C19H31NO/c1-2-3-4-5-6-7-11-17(20)15-19-18-12-9-8-10-16(18)13-14-21-19/h8-10,12,17,19H,2-7,11,13-15,20H2,1H3. The van der Waals surface area contributed by atoms with E-state index in [4.69, 9.17) is 10.5 Å². The first-order valence-electron chi connectivity index (χ1n) is 8.76. The summed E-state index contributed by atoms with van der Waals surface area (Å²) in [6.45, 7) is 3.10. The van der Waals surface area contributed by atoms with E-state index in [0.717, 1.165) is 25.9 Å². The van der Waals surface area contributed by atoms with Crippen LogP contribution in [0.3, 0.4) is 0 Å². The minimum Gasteiger partial charge on any atom is -0.373 e. The molecule has 2 nitrogen and oxygen atoms in total. The number of hydrogen-bond acceptors (Lipinski definition) is 2. The number of rotatable bonds is 9. The van der Waals surface area contributed by atoms with Crippen LogP contribution in [-0.2, 0) is 11.2 Å². The Hall–Kier alpha value is -0.860. The summed E-state index contributed by atoms with van der Waals surface area (Å²) < 4.78 is 5.95. The van der Waals surface area contributed by atoms with Gasteiger partial charge in [0.15, 0.2) is 0 Å². The van der Waals surface area contributed by atoms with Crippen molar-refractivity contribution < 1.29 is 4.74 Å². The van der Waals surface area contributed by atoms with E-state index >= 15 is 0 Å². The van der Waals surface area contributed by atoms with Gasteiger partial charge in [0, 0.05) is 6.04 Å². The lowest BCUT2D eigenvalue weighted by Crippen LogP contribution is -2.26. The predicted molar refractivity (Wildman–Crippen MR) is 89.4 cm³/mol. The summed E-state index contributed by atoms with van der Waals surface area (Å²) in [6, 6.07) is 8.94. The van der Waals surface area contributed by atoms with Gasteiger partial charge in [-0.05, 0) is 30.4 Å². The van der Waals surface area contributed by atoms with Crippen LogP contribution in [0.4, 0.5) is 0 Å². The Balaban J connectivity index is 1.70. The van der Waals surface area contributed by atoms with Gasteiger partial charge in [-0.1, -0.05) is 69.7 Å². The second-order valence-electron chi connectivity index (χ2n) is 6.36. The fourth-order valence-corrected chi connectivity index (χ4v) is 3.25. The third-order valence-corrected chi connectivity index (χ3v) is 4.54. The Morgan fingerprint density at radius 3 is 2.76 bits per heavy atom. The lowest BCUT2D eigenvalue weighted by atomic mass is 9.92. The van der Waals surface area contributed by atoms with Crippen molar-refractivity contribution in [2.24, 2.45) is 5.73 Å². The van der Waals surface area contributed by atoms with Gasteiger partial charge in [-0.25, -0.2) is 0 Å². The molecular weight excluding hydrogens is 258 g/mol. The molecule has 0 aliphatic carbocycles. The largest absolute Gasteiger partial charge is 0.373 e. The normalized spacial score (nSPS) is 19.2. The summed E-state index contributed by atoms with van der Waals surface area (Å²) in [4.78, 5) is 0. The van der Waals surface area contributed by atoms with Crippen molar-refractivity contribution in [3.05, 3.63) is 35.4 Å². The second kappa shape index (κ2) is 9.22. The first-order chi connectivity index (χ1) is 10.3. The molecule has 2 atom stereocenters. The Kier molecular flexibility index (Phi) is 7.25. The maximum absolute atomic E-state index is 6.32. The summed E-state index contributed by atoms with van der Waals surface area (Å²) in [5, 5.41) is 0. The van der Waals surface area contributed by atoms with Crippen molar-refractivity contribution in [1.29, 1.82) is 0 Å². The van der Waals surface area contributed by atoms with E-state index in [-0.39, 0.29) is 12.1 Å². The average Bonchev–Trinajstić information content (AvgIpc) is 2.51. The summed E-state index contributed by atoms with van der Waals surface area (Å²) in [5.41, 5.74) is 9.13. The molecule has 1 heterocycles. The molecule has 0 radical (unpaired) electrons. The summed E-state index contributed by atoms with van der Waals surface area (Å²) in [7, 11) is 0. The molecule has 21 heavy (non-hydrogen) atoms. The molecule has 2 heteroatoms. The first kappa shape index (κ1) is 16.5. The van der Waals surface area contributed by atoms with Gasteiger partial charge in [0.25, 0.3) is 0 Å². The topological polar surface area (TPSA) is 35.2 Å². The fraction of sp³-hybridized carbons (Fsp3) is 0.684. The van der Waals surface area contributed by atoms with Crippen molar-refractivity contribution in [3.63, 3.8) is 0 Å². The molecule has 0 saturated heterocycles. The molecule has 1 aromatic carbocycles. The van der Waals surface area contributed by atoms with E-state index in [1.165, 1.54) is 49.7 Å². The molecule has 1 aromatic rings. The van der Waals surface area contributed by atoms with Crippen molar-refractivity contribution in [2.75, 3.05) is 6.61 Å². The number of hydrogen-bond donors (Lipinski definition) is 1. The number of fused-ring (bicyclic) bond motifs is 1. The number of nitrogens with two attached hydrogens (primary N) is 1. The average molecular weight is 289 g/mol. The molecule has 118 valence electrons. The number of ether oxygens (including phenoxy) is 1. The highest BCUT2D eigenvalue weighted by molar-refractivity contribution is 5.30. The lowest BCUT2D eigenvalue weighted by molar-refractivity contribution is 0.0314. The van der Waals surface area contributed by atoms with Crippen LogP contribution < -0.4 is 5.73 Å². The van der Waals surface area contributed by atoms with Gasteiger partial charge in [-0.3, -0.25) is 0 Å². The third kappa shape index (κ3) is 5.44. The van der Waals surface area contributed by atoms with Crippen molar-refractivity contribution in [3.8, 4) is 0 Å². The van der Waals surface area contributed by atoms with Crippen LogP contribution in [-0.4, -0.2) is 12.6 Å². The van der Waals surface area contributed by atoms with Crippen LogP contribution in [0.15, 0.2) is 24.3 Å². The van der Waals surface area contributed by atoms with E-state index < -0.39 is 0 Å². The first-order valence-corrected chi connectivity index (χ1v) is 8.76. The van der Waals surface area contributed by atoms with Crippen LogP contribution in [0, 0.1) is 0 Å². The zero-order chi connectivity index (χ0) is 14.9. The fourth-order valence-electron chi connectivity index (χ4n) is 3.25. The van der Waals surface area contributed by atoms with Gasteiger partial charge in [0.1, 0.15) is 0 Å². The molecule has 0 bridgehead atoms.